The summed E-state index contributed by atoms with van der Waals surface area (Å²) < 4.78 is 0. The highest BCUT2D eigenvalue weighted by atomic mass is 16.7. The molecule has 1 unspecified atom stereocenters. The van der Waals surface area contributed by atoms with Crippen LogP contribution in [0.1, 0.15) is 25.8 Å². The van der Waals surface area contributed by atoms with E-state index in [1.807, 2.05) is 30.3 Å². The van der Waals surface area contributed by atoms with Gasteiger partial charge in [-0.1, -0.05) is 48.5 Å². The van der Waals surface area contributed by atoms with Crippen molar-refractivity contribution in [3.8, 4) is 0 Å². The summed E-state index contributed by atoms with van der Waals surface area (Å²) in [5.74, 6) is 0.271. The lowest BCUT2D eigenvalue weighted by atomic mass is 10.0. The number of nitrogens with zero attached hydrogens (tertiary/aromatic N) is 2. The van der Waals surface area contributed by atoms with E-state index in [1.54, 1.807) is 43.3 Å². The number of fused-ring (bicyclic) bond motifs is 1. The quantitative estimate of drug-likeness (QED) is 0.654. The fourth-order valence-electron chi connectivity index (χ4n) is 3.76. The van der Waals surface area contributed by atoms with Gasteiger partial charge in [0.2, 0.25) is 11.8 Å². The van der Waals surface area contributed by atoms with Gasteiger partial charge in [-0.3, -0.25) is 9.59 Å². The molecule has 7 nitrogen and oxygen atoms in total. The Labute approximate surface area is 180 Å². The molecule has 1 aliphatic heterocycles. The molecule has 0 aliphatic carbocycles. The number of amidine groups is 1. The van der Waals surface area contributed by atoms with Gasteiger partial charge in [0.25, 0.3) is 0 Å². The topological polar surface area (TPSA) is 83.0 Å². The number of hydrogen-bond acceptors (Lipinski definition) is 5. The van der Waals surface area contributed by atoms with Crippen molar-refractivity contribution in [1.82, 2.24) is 5.06 Å². The van der Waals surface area contributed by atoms with Crippen LogP contribution in [0.4, 0.5) is 11.4 Å². The maximum atomic E-state index is 12.7. The van der Waals surface area contributed by atoms with Crippen LogP contribution >= 0.6 is 0 Å². The summed E-state index contributed by atoms with van der Waals surface area (Å²) in [6.45, 7) is 3.22. The van der Waals surface area contributed by atoms with Crippen molar-refractivity contribution in [2.24, 2.45) is 4.99 Å². The first-order valence-corrected chi connectivity index (χ1v) is 10.0. The van der Waals surface area contributed by atoms with Crippen LogP contribution in [-0.4, -0.2) is 35.5 Å². The standard InChI is InChI=1S/C24H24N4O3/c1-16(29)25-18-10-7-11-19(14-18)26-22(30)15-24(2)27-23(28(3)31-24)21-13-6-9-17-8-4-5-12-20(17)21/h4-14H,15H2,1-3H3,(H,25,29)(H,26,30). The Balaban J connectivity index is 1.53. The number of carbonyl (C=O) groups is 2. The van der Waals surface area contributed by atoms with Gasteiger partial charge in [0.1, 0.15) is 0 Å². The molecule has 3 aromatic carbocycles. The van der Waals surface area contributed by atoms with E-state index in [2.05, 4.69) is 22.8 Å². The zero-order valence-corrected chi connectivity index (χ0v) is 17.7. The van der Waals surface area contributed by atoms with Crippen molar-refractivity contribution in [1.29, 1.82) is 0 Å². The second-order valence-corrected chi connectivity index (χ2v) is 7.71. The Morgan fingerprint density at radius 1 is 1.00 bits per heavy atom. The number of aliphatic imine (C=N–C) groups is 1. The van der Waals surface area contributed by atoms with E-state index >= 15 is 0 Å². The van der Waals surface area contributed by atoms with Gasteiger partial charge in [-0.25, -0.2) is 14.9 Å². The van der Waals surface area contributed by atoms with Crippen molar-refractivity contribution in [3.63, 3.8) is 0 Å². The van der Waals surface area contributed by atoms with Gasteiger partial charge in [0.05, 0.1) is 6.42 Å². The van der Waals surface area contributed by atoms with Gasteiger partial charge >= 0.3 is 0 Å². The normalized spacial score (nSPS) is 18.0. The van der Waals surface area contributed by atoms with Crippen LogP contribution in [0.2, 0.25) is 0 Å². The molecule has 4 rings (SSSR count). The van der Waals surface area contributed by atoms with Gasteiger partial charge in [0, 0.05) is 30.9 Å². The lowest BCUT2D eigenvalue weighted by molar-refractivity contribution is -0.164. The van der Waals surface area contributed by atoms with Gasteiger partial charge in [-0.2, -0.15) is 0 Å². The van der Waals surface area contributed by atoms with Crippen LogP contribution in [0, 0.1) is 0 Å². The molecule has 31 heavy (non-hydrogen) atoms. The Morgan fingerprint density at radius 2 is 1.68 bits per heavy atom. The third-order valence-corrected chi connectivity index (χ3v) is 4.96. The van der Waals surface area contributed by atoms with Crippen LogP contribution in [0.5, 0.6) is 0 Å². The molecule has 3 aromatic rings. The number of rotatable bonds is 5. The summed E-state index contributed by atoms with van der Waals surface area (Å²) in [4.78, 5) is 34.7. The minimum Gasteiger partial charge on any atom is -0.326 e. The number of benzene rings is 3. The number of hydroxylamine groups is 2. The van der Waals surface area contributed by atoms with Crippen molar-refractivity contribution < 1.29 is 14.4 Å². The van der Waals surface area contributed by atoms with E-state index in [0.717, 1.165) is 16.3 Å². The monoisotopic (exact) mass is 416 g/mol. The Bertz CT molecular complexity index is 1180. The van der Waals surface area contributed by atoms with Crippen LogP contribution in [0.25, 0.3) is 10.8 Å². The summed E-state index contributed by atoms with van der Waals surface area (Å²) >= 11 is 0. The maximum absolute atomic E-state index is 12.7. The molecule has 1 atom stereocenters. The van der Waals surface area contributed by atoms with E-state index in [1.165, 1.54) is 6.92 Å². The molecule has 2 N–H and O–H groups in total. The first kappa shape index (κ1) is 20.6. The predicted octanol–water partition coefficient (Wildman–Crippen LogP) is 4.17. The van der Waals surface area contributed by atoms with E-state index in [0.29, 0.717) is 17.2 Å². The molecule has 0 saturated carbocycles. The van der Waals surface area contributed by atoms with Crippen molar-refractivity contribution in [3.05, 3.63) is 72.3 Å². The van der Waals surface area contributed by atoms with Crippen molar-refractivity contribution in [2.75, 3.05) is 17.7 Å². The Hall–Kier alpha value is -3.71. The second kappa shape index (κ2) is 8.20. The molecule has 158 valence electrons. The predicted molar refractivity (Wildman–Crippen MR) is 122 cm³/mol. The first-order valence-electron chi connectivity index (χ1n) is 10.0. The third kappa shape index (κ3) is 4.57. The summed E-state index contributed by atoms with van der Waals surface area (Å²) in [6, 6.07) is 21.1. The number of hydrogen-bond donors (Lipinski definition) is 2. The fourth-order valence-corrected chi connectivity index (χ4v) is 3.76. The molecule has 0 fully saturated rings. The minimum absolute atomic E-state index is 0.0377. The molecule has 0 bridgehead atoms. The summed E-state index contributed by atoms with van der Waals surface area (Å²) in [6.07, 6.45) is 0.0377. The van der Waals surface area contributed by atoms with Gasteiger partial charge in [0.15, 0.2) is 11.6 Å². The maximum Gasteiger partial charge on any atom is 0.229 e. The minimum atomic E-state index is -1.03. The van der Waals surface area contributed by atoms with E-state index < -0.39 is 5.72 Å². The lowest BCUT2D eigenvalue weighted by Crippen LogP contribution is -2.32. The third-order valence-electron chi connectivity index (χ3n) is 4.96. The van der Waals surface area contributed by atoms with E-state index in [-0.39, 0.29) is 18.2 Å². The summed E-state index contributed by atoms with van der Waals surface area (Å²) in [5.41, 5.74) is 1.13. The van der Waals surface area contributed by atoms with E-state index in [9.17, 15) is 9.59 Å². The number of carbonyl (C=O) groups excluding carboxylic acids is 2. The molecule has 0 spiro atoms. The van der Waals surface area contributed by atoms with Gasteiger partial charge in [-0.15, -0.1) is 0 Å². The molecule has 7 heteroatoms. The van der Waals surface area contributed by atoms with E-state index in [4.69, 9.17) is 9.83 Å². The molecule has 0 aromatic heterocycles. The van der Waals surface area contributed by atoms with Crippen molar-refractivity contribution >= 4 is 39.8 Å². The second-order valence-electron chi connectivity index (χ2n) is 7.71. The average molecular weight is 416 g/mol. The van der Waals surface area contributed by atoms with Crippen LogP contribution in [0.15, 0.2) is 71.7 Å². The summed E-state index contributed by atoms with van der Waals surface area (Å²) in [7, 11) is 1.79. The Kier molecular flexibility index (Phi) is 5.44. The number of nitrogens with one attached hydrogen (secondary N) is 2. The zero-order chi connectivity index (χ0) is 22.0. The van der Waals surface area contributed by atoms with Crippen LogP contribution < -0.4 is 10.6 Å². The molecule has 2 amide bonds. The molecule has 1 heterocycles. The highest BCUT2D eigenvalue weighted by Crippen LogP contribution is 2.31. The SMILES string of the molecule is CC(=O)Nc1cccc(NC(=O)CC2(C)N=C(c3cccc4ccccc34)N(C)O2)c1. The highest BCUT2D eigenvalue weighted by Gasteiger charge is 2.38. The molecule has 1 aliphatic rings. The van der Waals surface area contributed by atoms with Crippen LogP contribution in [-0.2, 0) is 14.4 Å². The highest BCUT2D eigenvalue weighted by molar-refractivity contribution is 6.10. The summed E-state index contributed by atoms with van der Waals surface area (Å²) in [5, 5.41) is 9.35. The largest absolute Gasteiger partial charge is 0.326 e. The smallest absolute Gasteiger partial charge is 0.229 e. The average Bonchev–Trinajstić information content (AvgIpc) is 3.00. The molecule has 0 saturated heterocycles. The number of amides is 2. The molecular weight excluding hydrogens is 392 g/mol. The molecular formula is C24H24N4O3. The Morgan fingerprint density at radius 3 is 2.45 bits per heavy atom. The van der Waals surface area contributed by atoms with Crippen LogP contribution in [0.3, 0.4) is 0 Å². The first-order chi connectivity index (χ1) is 14.8. The molecule has 0 radical (unpaired) electrons. The lowest BCUT2D eigenvalue weighted by Gasteiger charge is -2.21. The van der Waals surface area contributed by atoms with Gasteiger partial charge < -0.3 is 10.6 Å². The fraction of sp³-hybridized carbons (Fsp3) is 0.208. The number of anilines is 2. The zero-order valence-electron chi connectivity index (χ0n) is 17.7. The van der Waals surface area contributed by atoms with Crippen molar-refractivity contribution in [2.45, 2.75) is 26.0 Å². The van der Waals surface area contributed by atoms with Gasteiger partial charge in [-0.05, 0) is 35.9 Å².